The third kappa shape index (κ3) is 5.72. The molecule has 5 nitrogen and oxygen atoms in total. The quantitative estimate of drug-likeness (QED) is 0.743. The van der Waals surface area contributed by atoms with E-state index in [1.807, 2.05) is 44.2 Å². The van der Waals surface area contributed by atoms with E-state index in [1.165, 1.54) is 11.8 Å². The Bertz CT molecular complexity index is 663. The number of carbonyl (C=O) groups excluding carboxylic acids is 1. The molecule has 1 amide bonds. The van der Waals surface area contributed by atoms with E-state index >= 15 is 0 Å². The largest absolute Gasteiger partial charge is 0.388 e. The third-order valence-corrected chi connectivity index (χ3v) is 7.39. The summed E-state index contributed by atoms with van der Waals surface area (Å²) in [5, 5.41) is 9.94. The molecular formula is C18H27NO4S2. The molecule has 1 N–H and O–H groups in total. The van der Waals surface area contributed by atoms with Crippen LogP contribution in [0.1, 0.15) is 38.4 Å². The summed E-state index contributed by atoms with van der Waals surface area (Å²) < 4.78 is 23.5. The molecule has 0 aliphatic carbocycles. The first-order valence-electron chi connectivity index (χ1n) is 8.69. The fourth-order valence-corrected chi connectivity index (χ4v) is 5.72. The zero-order chi connectivity index (χ0) is 18.4. The summed E-state index contributed by atoms with van der Waals surface area (Å²) in [7, 11) is -3.02. The first-order chi connectivity index (χ1) is 11.8. The second-order valence-corrected chi connectivity index (χ2v) is 10.1. The normalized spacial score (nSPS) is 21.6. The van der Waals surface area contributed by atoms with Gasteiger partial charge >= 0.3 is 0 Å². The summed E-state index contributed by atoms with van der Waals surface area (Å²) in [5.41, 5.74) is 0.835. The number of hydrogen-bond acceptors (Lipinski definition) is 5. The Balaban J connectivity index is 1.94. The molecule has 25 heavy (non-hydrogen) atoms. The van der Waals surface area contributed by atoms with E-state index in [1.54, 1.807) is 4.90 Å². The van der Waals surface area contributed by atoms with Crippen molar-refractivity contribution in [3.8, 4) is 0 Å². The van der Waals surface area contributed by atoms with Gasteiger partial charge in [-0.1, -0.05) is 37.3 Å². The van der Waals surface area contributed by atoms with Crippen LogP contribution in [0.4, 0.5) is 0 Å². The molecule has 3 unspecified atom stereocenters. The molecule has 0 spiro atoms. The zero-order valence-corrected chi connectivity index (χ0v) is 16.4. The van der Waals surface area contributed by atoms with Gasteiger partial charge < -0.3 is 10.0 Å². The van der Waals surface area contributed by atoms with Crippen molar-refractivity contribution >= 4 is 27.5 Å². The molecule has 1 fully saturated rings. The van der Waals surface area contributed by atoms with Crippen LogP contribution in [0.25, 0.3) is 0 Å². The van der Waals surface area contributed by atoms with Gasteiger partial charge in [0.15, 0.2) is 9.84 Å². The van der Waals surface area contributed by atoms with E-state index in [0.717, 1.165) is 12.0 Å². The molecule has 7 heteroatoms. The Morgan fingerprint density at radius 3 is 2.60 bits per heavy atom. The van der Waals surface area contributed by atoms with Gasteiger partial charge in [0.1, 0.15) is 0 Å². The van der Waals surface area contributed by atoms with Crippen molar-refractivity contribution in [3.63, 3.8) is 0 Å². The number of benzene rings is 1. The van der Waals surface area contributed by atoms with Crippen LogP contribution in [0.15, 0.2) is 30.3 Å². The summed E-state index contributed by atoms with van der Waals surface area (Å²) in [6, 6.07) is 9.17. The average molecular weight is 386 g/mol. The average Bonchev–Trinajstić information content (AvgIpc) is 2.97. The molecule has 2 rings (SSSR count). The molecule has 0 aromatic heterocycles. The van der Waals surface area contributed by atoms with Gasteiger partial charge in [0.2, 0.25) is 5.91 Å². The predicted molar refractivity (Wildman–Crippen MR) is 102 cm³/mol. The van der Waals surface area contributed by atoms with Gasteiger partial charge in [-0.3, -0.25) is 4.79 Å². The highest BCUT2D eigenvalue weighted by Gasteiger charge is 2.35. The highest BCUT2D eigenvalue weighted by atomic mass is 32.2. The van der Waals surface area contributed by atoms with E-state index in [9.17, 15) is 18.3 Å². The van der Waals surface area contributed by atoms with Gasteiger partial charge in [0.25, 0.3) is 0 Å². The number of rotatable bonds is 8. The number of hydrogen-bond donors (Lipinski definition) is 1. The Labute approximate surface area is 154 Å². The Morgan fingerprint density at radius 2 is 2.04 bits per heavy atom. The monoisotopic (exact) mass is 385 g/mol. The zero-order valence-electron chi connectivity index (χ0n) is 14.8. The van der Waals surface area contributed by atoms with Crippen molar-refractivity contribution in [1.29, 1.82) is 0 Å². The number of nitrogens with zero attached hydrogens (tertiary/aromatic N) is 1. The van der Waals surface area contributed by atoms with E-state index in [-0.39, 0.29) is 28.7 Å². The fourth-order valence-electron chi connectivity index (χ4n) is 3.05. The van der Waals surface area contributed by atoms with Crippen LogP contribution in [0.5, 0.6) is 0 Å². The van der Waals surface area contributed by atoms with E-state index in [0.29, 0.717) is 18.7 Å². The van der Waals surface area contributed by atoms with Crippen LogP contribution in [0, 0.1) is 0 Å². The minimum atomic E-state index is -3.02. The molecule has 1 aromatic rings. The molecule has 0 bridgehead atoms. The molecule has 0 radical (unpaired) electrons. The summed E-state index contributed by atoms with van der Waals surface area (Å²) in [4.78, 5) is 14.5. The summed E-state index contributed by atoms with van der Waals surface area (Å²) in [6.07, 6.45) is 0.706. The van der Waals surface area contributed by atoms with Crippen molar-refractivity contribution in [2.45, 2.75) is 44.1 Å². The third-order valence-electron chi connectivity index (χ3n) is 4.43. The van der Waals surface area contributed by atoms with Gasteiger partial charge in [0.05, 0.1) is 22.9 Å². The highest BCUT2D eigenvalue weighted by molar-refractivity contribution is 8.00. The molecule has 140 valence electrons. The smallest absolute Gasteiger partial charge is 0.235 e. The number of sulfone groups is 1. The van der Waals surface area contributed by atoms with Crippen molar-refractivity contribution in [2.24, 2.45) is 0 Å². The second kappa shape index (κ2) is 9.05. The molecule has 1 aromatic carbocycles. The predicted octanol–water partition coefficient (Wildman–Crippen LogP) is 2.27. The maximum absolute atomic E-state index is 12.8. The number of aliphatic hydroxyl groups excluding tert-OH is 1. The Kier molecular flexibility index (Phi) is 7.34. The van der Waals surface area contributed by atoms with Gasteiger partial charge in [0, 0.05) is 18.3 Å². The van der Waals surface area contributed by atoms with Gasteiger partial charge in [-0.15, -0.1) is 11.8 Å². The van der Waals surface area contributed by atoms with Gasteiger partial charge in [-0.25, -0.2) is 8.42 Å². The standard InChI is InChI=1S/C18H27NO4S2/c1-3-10-19(16-9-11-25(22,23)13-16)18(21)14(2)24-12-17(20)15-7-5-4-6-8-15/h4-8,14,16-17,20H,3,9-13H2,1-2H3. The molecular weight excluding hydrogens is 358 g/mol. The van der Waals surface area contributed by atoms with Crippen LogP contribution in [0.2, 0.25) is 0 Å². The first kappa shape index (κ1) is 20.3. The van der Waals surface area contributed by atoms with E-state index in [2.05, 4.69) is 0 Å². The summed E-state index contributed by atoms with van der Waals surface area (Å²) >= 11 is 1.41. The van der Waals surface area contributed by atoms with Gasteiger partial charge in [-0.2, -0.15) is 0 Å². The summed E-state index contributed by atoms with van der Waals surface area (Å²) in [6.45, 7) is 4.39. The maximum atomic E-state index is 12.8. The molecule has 3 atom stereocenters. The SMILES string of the molecule is CCCN(C(=O)C(C)SCC(O)c1ccccc1)C1CCS(=O)(=O)C1. The lowest BCUT2D eigenvalue weighted by atomic mass is 10.1. The molecule has 1 saturated heterocycles. The minimum Gasteiger partial charge on any atom is -0.388 e. The highest BCUT2D eigenvalue weighted by Crippen LogP contribution is 2.25. The fraction of sp³-hybridized carbons (Fsp3) is 0.611. The first-order valence-corrected chi connectivity index (χ1v) is 11.6. The lowest BCUT2D eigenvalue weighted by Crippen LogP contribution is -2.45. The number of carbonyl (C=O) groups is 1. The summed E-state index contributed by atoms with van der Waals surface area (Å²) in [5.74, 6) is 0.636. The lowest BCUT2D eigenvalue weighted by Gasteiger charge is -2.30. The van der Waals surface area contributed by atoms with Gasteiger partial charge in [-0.05, 0) is 25.3 Å². The van der Waals surface area contributed by atoms with Crippen LogP contribution < -0.4 is 0 Å². The molecule has 1 aliphatic rings. The Hall–Kier alpha value is -1.05. The minimum absolute atomic E-state index is 0.0331. The topological polar surface area (TPSA) is 74.7 Å². The number of thioether (sulfide) groups is 1. The molecule has 1 heterocycles. The number of aliphatic hydroxyl groups is 1. The number of amides is 1. The lowest BCUT2D eigenvalue weighted by molar-refractivity contribution is -0.132. The van der Waals surface area contributed by atoms with Crippen LogP contribution in [-0.2, 0) is 14.6 Å². The van der Waals surface area contributed by atoms with E-state index < -0.39 is 15.9 Å². The van der Waals surface area contributed by atoms with Crippen molar-refractivity contribution in [1.82, 2.24) is 4.90 Å². The molecule has 0 saturated carbocycles. The molecule has 1 aliphatic heterocycles. The maximum Gasteiger partial charge on any atom is 0.235 e. The van der Waals surface area contributed by atoms with Crippen LogP contribution >= 0.6 is 11.8 Å². The second-order valence-electron chi connectivity index (χ2n) is 6.49. The van der Waals surface area contributed by atoms with Crippen molar-refractivity contribution < 1.29 is 18.3 Å². The van der Waals surface area contributed by atoms with Crippen LogP contribution in [0.3, 0.4) is 0 Å². The van der Waals surface area contributed by atoms with Crippen LogP contribution in [-0.4, -0.2) is 59.4 Å². The van der Waals surface area contributed by atoms with Crippen molar-refractivity contribution in [3.05, 3.63) is 35.9 Å². The Morgan fingerprint density at radius 1 is 1.36 bits per heavy atom. The van der Waals surface area contributed by atoms with E-state index in [4.69, 9.17) is 0 Å². The van der Waals surface area contributed by atoms with Crippen molar-refractivity contribution in [2.75, 3.05) is 23.8 Å².